The molecule has 0 saturated heterocycles. The molecule has 0 radical (unpaired) electrons. The summed E-state index contributed by atoms with van der Waals surface area (Å²) in [6, 6.07) is 12.7. The van der Waals surface area contributed by atoms with Crippen molar-refractivity contribution in [1.29, 1.82) is 0 Å². The van der Waals surface area contributed by atoms with E-state index in [9.17, 15) is 12.8 Å². The van der Waals surface area contributed by atoms with E-state index in [0.29, 0.717) is 29.6 Å². The van der Waals surface area contributed by atoms with Crippen molar-refractivity contribution < 1.29 is 12.8 Å². The van der Waals surface area contributed by atoms with Crippen LogP contribution in [0.3, 0.4) is 0 Å². The maximum Gasteiger partial charge on any atom is 0.240 e. The second-order valence-corrected chi connectivity index (χ2v) is 8.25. The summed E-state index contributed by atoms with van der Waals surface area (Å²) in [6.07, 6.45) is 0.359. The Labute approximate surface area is 157 Å². The third-order valence-electron chi connectivity index (χ3n) is 4.15. The van der Waals surface area contributed by atoms with E-state index in [1.165, 1.54) is 12.1 Å². The number of aromatic amines is 1. The van der Waals surface area contributed by atoms with Crippen LogP contribution in [0, 0.1) is 5.82 Å². The zero-order valence-corrected chi connectivity index (χ0v) is 15.9. The third-order valence-corrected chi connectivity index (χ3v) is 5.62. The quantitative estimate of drug-likeness (QED) is 0.650. The number of benzene rings is 2. The lowest BCUT2D eigenvalue weighted by Gasteiger charge is -2.08. The van der Waals surface area contributed by atoms with Crippen molar-refractivity contribution in [3.8, 4) is 11.4 Å². The monoisotopic (exact) mass is 388 g/mol. The van der Waals surface area contributed by atoms with Gasteiger partial charge < -0.3 is 0 Å². The van der Waals surface area contributed by atoms with Crippen LogP contribution >= 0.6 is 0 Å². The molecule has 142 valence electrons. The molecule has 0 bridgehead atoms. The van der Waals surface area contributed by atoms with Crippen molar-refractivity contribution in [2.24, 2.45) is 0 Å². The van der Waals surface area contributed by atoms with Crippen molar-refractivity contribution in [3.05, 3.63) is 65.7 Å². The number of sulfonamides is 1. The minimum Gasteiger partial charge on any atom is -0.263 e. The number of nitrogens with one attached hydrogen (secondary N) is 2. The zero-order valence-electron chi connectivity index (χ0n) is 15.1. The van der Waals surface area contributed by atoms with E-state index in [1.807, 2.05) is 12.1 Å². The van der Waals surface area contributed by atoms with Crippen LogP contribution in [0.1, 0.15) is 31.2 Å². The molecule has 0 atom stereocenters. The Kier molecular flexibility index (Phi) is 5.67. The first-order valence-electron chi connectivity index (χ1n) is 8.62. The molecule has 0 aliphatic rings. The van der Waals surface area contributed by atoms with Crippen LogP contribution in [0.2, 0.25) is 0 Å². The van der Waals surface area contributed by atoms with E-state index in [1.54, 1.807) is 24.3 Å². The molecule has 0 saturated carbocycles. The van der Waals surface area contributed by atoms with E-state index in [0.717, 1.165) is 5.56 Å². The van der Waals surface area contributed by atoms with Gasteiger partial charge in [0.1, 0.15) is 11.6 Å². The molecule has 3 aromatic rings. The van der Waals surface area contributed by atoms with Crippen LogP contribution in [0.5, 0.6) is 0 Å². The number of hydrogen-bond donors (Lipinski definition) is 2. The minimum atomic E-state index is -3.58. The highest BCUT2D eigenvalue weighted by atomic mass is 32.2. The third kappa shape index (κ3) is 4.78. The van der Waals surface area contributed by atoms with Crippen LogP contribution in [0.4, 0.5) is 4.39 Å². The number of aromatic nitrogens is 3. The number of hydrogen-bond acceptors (Lipinski definition) is 4. The Morgan fingerprint density at radius 1 is 1.07 bits per heavy atom. The SMILES string of the molecule is CC(C)c1ccc(S(=O)(=O)NCCc2nc(-c3ccc(F)cc3)n[nH]2)cc1. The average Bonchev–Trinajstić information content (AvgIpc) is 3.11. The largest absolute Gasteiger partial charge is 0.263 e. The van der Waals surface area contributed by atoms with E-state index in [4.69, 9.17) is 0 Å². The first kappa shape index (κ1) is 19.2. The fourth-order valence-corrected chi connectivity index (χ4v) is 3.59. The molecule has 0 spiro atoms. The predicted molar refractivity (Wildman–Crippen MR) is 101 cm³/mol. The molecule has 27 heavy (non-hydrogen) atoms. The number of rotatable bonds is 7. The molecule has 0 fully saturated rings. The van der Waals surface area contributed by atoms with Gasteiger partial charge in [-0.3, -0.25) is 5.10 Å². The lowest BCUT2D eigenvalue weighted by molar-refractivity contribution is 0.581. The molecule has 8 heteroatoms. The van der Waals surface area contributed by atoms with Crippen LogP contribution in [-0.4, -0.2) is 30.1 Å². The van der Waals surface area contributed by atoms with Gasteiger partial charge in [-0.25, -0.2) is 22.5 Å². The topological polar surface area (TPSA) is 87.7 Å². The molecule has 0 aliphatic heterocycles. The molecule has 2 aromatic carbocycles. The van der Waals surface area contributed by atoms with Crippen LogP contribution in [0.15, 0.2) is 53.4 Å². The Balaban J connectivity index is 1.60. The van der Waals surface area contributed by atoms with Gasteiger partial charge in [0.05, 0.1) is 4.90 Å². The minimum absolute atomic E-state index is 0.187. The van der Waals surface area contributed by atoms with Gasteiger partial charge in [0.15, 0.2) is 5.82 Å². The average molecular weight is 388 g/mol. The van der Waals surface area contributed by atoms with Gasteiger partial charge >= 0.3 is 0 Å². The fourth-order valence-electron chi connectivity index (χ4n) is 2.55. The second-order valence-electron chi connectivity index (χ2n) is 6.48. The number of halogens is 1. The van der Waals surface area contributed by atoms with Gasteiger partial charge in [-0.1, -0.05) is 26.0 Å². The van der Waals surface area contributed by atoms with E-state index >= 15 is 0 Å². The van der Waals surface area contributed by atoms with Crippen molar-refractivity contribution in [1.82, 2.24) is 19.9 Å². The predicted octanol–water partition coefficient (Wildman–Crippen LogP) is 3.26. The lowest BCUT2D eigenvalue weighted by atomic mass is 10.0. The Morgan fingerprint density at radius 3 is 2.37 bits per heavy atom. The van der Waals surface area contributed by atoms with Crippen LogP contribution in [0.25, 0.3) is 11.4 Å². The molecule has 1 aromatic heterocycles. The zero-order chi connectivity index (χ0) is 19.4. The molecular weight excluding hydrogens is 367 g/mol. The van der Waals surface area contributed by atoms with E-state index < -0.39 is 10.0 Å². The molecule has 1 heterocycles. The standard InChI is InChI=1S/C19H21FN4O2S/c1-13(2)14-5-9-17(10-6-14)27(25,26)21-12-11-18-22-19(24-23-18)15-3-7-16(20)8-4-15/h3-10,13,21H,11-12H2,1-2H3,(H,22,23,24). The number of H-pyrrole nitrogens is 1. The lowest BCUT2D eigenvalue weighted by Crippen LogP contribution is -2.26. The summed E-state index contributed by atoms with van der Waals surface area (Å²) in [5, 5.41) is 6.85. The second kappa shape index (κ2) is 7.98. The highest BCUT2D eigenvalue weighted by Gasteiger charge is 2.14. The molecule has 0 amide bonds. The molecule has 3 rings (SSSR count). The fraction of sp³-hybridized carbons (Fsp3) is 0.263. The number of nitrogens with zero attached hydrogens (tertiary/aromatic N) is 2. The van der Waals surface area contributed by atoms with Crippen molar-refractivity contribution >= 4 is 10.0 Å². The summed E-state index contributed by atoms with van der Waals surface area (Å²) in [7, 11) is -3.58. The molecular formula is C19H21FN4O2S. The van der Waals surface area contributed by atoms with Gasteiger partial charge in [0, 0.05) is 18.5 Å². The highest BCUT2D eigenvalue weighted by Crippen LogP contribution is 2.17. The summed E-state index contributed by atoms with van der Waals surface area (Å²) >= 11 is 0. The van der Waals surface area contributed by atoms with Crippen molar-refractivity contribution in [3.63, 3.8) is 0 Å². The van der Waals surface area contributed by atoms with Crippen LogP contribution < -0.4 is 4.72 Å². The summed E-state index contributed by atoms with van der Waals surface area (Å²) in [5.41, 5.74) is 1.77. The van der Waals surface area contributed by atoms with Crippen LogP contribution in [-0.2, 0) is 16.4 Å². The summed E-state index contributed by atoms with van der Waals surface area (Å²) in [4.78, 5) is 4.54. The summed E-state index contributed by atoms with van der Waals surface area (Å²) in [5.74, 6) is 1.01. The van der Waals surface area contributed by atoms with Crippen molar-refractivity contribution in [2.45, 2.75) is 31.1 Å². The maximum absolute atomic E-state index is 13.0. The normalized spacial score (nSPS) is 11.9. The van der Waals surface area contributed by atoms with Gasteiger partial charge in [-0.15, -0.1) is 0 Å². The Morgan fingerprint density at radius 2 is 1.74 bits per heavy atom. The Hall–Kier alpha value is -2.58. The molecule has 0 aliphatic carbocycles. The smallest absolute Gasteiger partial charge is 0.240 e. The highest BCUT2D eigenvalue weighted by molar-refractivity contribution is 7.89. The molecule has 0 unspecified atom stereocenters. The first-order chi connectivity index (χ1) is 12.8. The van der Waals surface area contributed by atoms with Gasteiger partial charge in [0.25, 0.3) is 0 Å². The molecule has 6 nitrogen and oxygen atoms in total. The summed E-state index contributed by atoms with van der Waals surface area (Å²) in [6.45, 7) is 4.30. The van der Waals surface area contributed by atoms with E-state index in [2.05, 4.69) is 33.8 Å². The van der Waals surface area contributed by atoms with Gasteiger partial charge in [-0.05, 0) is 47.9 Å². The summed E-state index contributed by atoms with van der Waals surface area (Å²) < 4.78 is 40.3. The van der Waals surface area contributed by atoms with Crippen molar-refractivity contribution in [2.75, 3.05) is 6.54 Å². The Bertz CT molecular complexity index is 997. The first-order valence-corrected chi connectivity index (χ1v) is 10.1. The van der Waals surface area contributed by atoms with Gasteiger partial charge in [-0.2, -0.15) is 5.10 Å². The van der Waals surface area contributed by atoms with E-state index in [-0.39, 0.29) is 17.3 Å². The maximum atomic E-state index is 13.0. The molecule has 2 N–H and O–H groups in total. The van der Waals surface area contributed by atoms with Gasteiger partial charge in [0.2, 0.25) is 10.0 Å².